The molecule has 1 atom stereocenters. The predicted molar refractivity (Wildman–Crippen MR) is 81.0 cm³/mol. The molecule has 106 valence electrons. The number of phenols is 1. The first kappa shape index (κ1) is 14.4. The number of hydrogen-bond acceptors (Lipinski definition) is 3. The van der Waals surface area contributed by atoms with Gasteiger partial charge in [0, 0.05) is 18.2 Å². The van der Waals surface area contributed by atoms with Crippen molar-refractivity contribution in [3.63, 3.8) is 0 Å². The number of ether oxygens (including phenoxy) is 1. The molecule has 0 aromatic heterocycles. The standard InChI is InChI=1S/C17H21NO2/c1-3-20-16-11-7-10-15(17(16)19)12-18-13(2)14-8-5-4-6-9-14/h4-11,13,18-19H,3,12H2,1-2H3/t13-/m0/s1. The van der Waals surface area contributed by atoms with E-state index >= 15 is 0 Å². The molecule has 2 N–H and O–H groups in total. The van der Waals surface area contributed by atoms with Crippen LogP contribution >= 0.6 is 0 Å². The van der Waals surface area contributed by atoms with Gasteiger partial charge in [0.15, 0.2) is 11.5 Å². The van der Waals surface area contributed by atoms with Crippen LogP contribution in [0.3, 0.4) is 0 Å². The van der Waals surface area contributed by atoms with Gasteiger partial charge in [0.1, 0.15) is 0 Å². The third kappa shape index (κ3) is 3.52. The van der Waals surface area contributed by atoms with Crippen LogP contribution < -0.4 is 10.1 Å². The fraction of sp³-hybridized carbons (Fsp3) is 0.294. The Kier molecular flexibility index (Phi) is 5.02. The van der Waals surface area contributed by atoms with Gasteiger partial charge in [-0.3, -0.25) is 0 Å². The molecule has 0 heterocycles. The van der Waals surface area contributed by atoms with Crippen LogP contribution in [0.15, 0.2) is 48.5 Å². The number of benzene rings is 2. The van der Waals surface area contributed by atoms with E-state index in [1.807, 2.05) is 37.3 Å². The van der Waals surface area contributed by atoms with Gasteiger partial charge >= 0.3 is 0 Å². The molecule has 0 radical (unpaired) electrons. The Labute approximate surface area is 120 Å². The fourth-order valence-corrected chi connectivity index (χ4v) is 2.11. The van der Waals surface area contributed by atoms with Crippen molar-refractivity contribution in [3.05, 3.63) is 59.7 Å². The summed E-state index contributed by atoms with van der Waals surface area (Å²) < 4.78 is 5.39. The van der Waals surface area contributed by atoms with Crippen LogP contribution in [-0.2, 0) is 6.54 Å². The average Bonchev–Trinajstić information content (AvgIpc) is 2.49. The van der Waals surface area contributed by atoms with E-state index in [1.54, 1.807) is 6.07 Å². The number of nitrogens with one attached hydrogen (secondary N) is 1. The summed E-state index contributed by atoms with van der Waals surface area (Å²) in [6.45, 7) is 5.16. The van der Waals surface area contributed by atoms with Gasteiger partial charge in [-0.15, -0.1) is 0 Å². The summed E-state index contributed by atoms with van der Waals surface area (Å²) >= 11 is 0. The highest BCUT2D eigenvalue weighted by molar-refractivity contribution is 5.45. The summed E-state index contributed by atoms with van der Waals surface area (Å²) in [6, 6.07) is 16.1. The van der Waals surface area contributed by atoms with Gasteiger partial charge < -0.3 is 15.2 Å². The van der Waals surface area contributed by atoms with Crippen LogP contribution in [0.2, 0.25) is 0 Å². The number of aromatic hydroxyl groups is 1. The lowest BCUT2D eigenvalue weighted by molar-refractivity contribution is 0.316. The van der Waals surface area contributed by atoms with E-state index in [0.29, 0.717) is 18.9 Å². The maximum atomic E-state index is 10.1. The van der Waals surface area contributed by atoms with Crippen molar-refractivity contribution in [1.82, 2.24) is 5.32 Å². The molecule has 20 heavy (non-hydrogen) atoms. The first-order valence-electron chi connectivity index (χ1n) is 6.94. The molecule has 0 aliphatic carbocycles. The number of para-hydroxylation sites is 1. The molecular weight excluding hydrogens is 250 g/mol. The highest BCUT2D eigenvalue weighted by Crippen LogP contribution is 2.30. The molecule has 0 spiro atoms. The van der Waals surface area contributed by atoms with Gasteiger partial charge in [-0.25, -0.2) is 0 Å². The molecule has 0 unspecified atom stereocenters. The number of phenolic OH excluding ortho intramolecular Hbond substituents is 1. The minimum atomic E-state index is 0.224. The van der Waals surface area contributed by atoms with E-state index in [0.717, 1.165) is 5.56 Å². The zero-order valence-electron chi connectivity index (χ0n) is 12.0. The highest BCUT2D eigenvalue weighted by Gasteiger charge is 2.09. The quantitative estimate of drug-likeness (QED) is 0.842. The summed E-state index contributed by atoms with van der Waals surface area (Å²) in [6.07, 6.45) is 0. The predicted octanol–water partition coefficient (Wildman–Crippen LogP) is 3.64. The molecule has 0 aliphatic rings. The van der Waals surface area contributed by atoms with Crippen LogP contribution in [-0.4, -0.2) is 11.7 Å². The zero-order valence-corrected chi connectivity index (χ0v) is 12.0. The maximum Gasteiger partial charge on any atom is 0.162 e. The average molecular weight is 271 g/mol. The van der Waals surface area contributed by atoms with E-state index < -0.39 is 0 Å². The third-order valence-electron chi connectivity index (χ3n) is 3.28. The maximum absolute atomic E-state index is 10.1. The van der Waals surface area contributed by atoms with E-state index in [1.165, 1.54) is 5.56 Å². The smallest absolute Gasteiger partial charge is 0.162 e. The molecule has 0 saturated heterocycles. The minimum Gasteiger partial charge on any atom is -0.504 e. The summed E-state index contributed by atoms with van der Waals surface area (Å²) in [5.41, 5.74) is 2.08. The van der Waals surface area contributed by atoms with Gasteiger partial charge in [0.25, 0.3) is 0 Å². The monoisotopic (exact) mass is 271 g/mol. The molecule has 2 aromatic rings. The Morgan fingerprint density at radius 3 is 2.55 bits per heavy atom. The fourth-order valence-electron chi connectivity index (χ4n) is 2.11. The van der Waals surface area contributed by atoms with Crippen molar-refractivity contribution in [3.8, 4) is 11.5 Å². The van der Waals surface area contributed by atoms with Gasteiger partial charge in [0.05, 0.1) is 6.61 Å². The van der Waals surface area contributed by atoms with Crippen molar-refractivity contribution >= 4 is 0 Å². The Morgan fingerprint density at radius 2 is 1.85 bits per heavy atom. The minimum absolute atomic E-state index is 0.224. The lowest BCUT2D eigenvalue weighted by Crippen LogP contribution is -2.18. The summed E-state index contributed by atoms with van der Waals surface area (Å²) in [5, 5.41) is 13.5. The second kappa shape index (κ2) is 6.96. The van der Waals surface area contributed by atoms with Crippen molar-refractivity contribution in [1.29, 1.82) is 0 Å². The Bertz CT molecular complexity index is 540. The van der Waals surface area contributed by atoms with Crippen molar-refractivity contribution in [2.45, 2.75) is 26.4 Å². The second-order valence-electron chi connectivity index (χ2n) is 4.71. The molecule has 0 fully saturated rings. The van der Waals surface area contributed by atoms with Gasteiger partial charge in [-0.2, -0.15) is 0 Å². The van der Waals surface area contributed by atoms with Gasteiger partial charge in [-0.1, -0.05) is 42.5 Å². The summed E-state index contributed by atoms with van der Waals surface area (Å²) in [4.78, 5) is 0. The second-order valence-corrected chi connectivity index (χ2v) is 4.71. The first-order chi connectivity index (χ1) is 9.72. The van der Waals surface area contributed by atoms with Crippen molar-refractivity contribution in [2.24, 2.45) is 0 Å². The van der Waals surface area contributed by atoms with Crippen LogP contribution in [0.4, 0.5) is 0 Å². The van der Waals surface area contributed by atoms with Crippen molar-refractivity contribution in [2.75, 3.05) is 6.61 Å². The lowest BCUT2D eigenvalue weighted by atomic mass is 10.1. The molecule has 2 rings (SSSR count). The van der Waals surface area contributed by atoms with E-state index in [9.17, 15) is 5.11 Å². The van der Waals surface area contributed by atoms with Gasteiger partial charge in [-0.05, 0) is 25.5 Å². The topological polar surface area (TPSA) is 41.5 Å². The number of rotatable bonds is 6. The number of hydrogen-bond donors (Lipinski definition) is 2. The Hall–Kier alpha value is -2.00. The highest BCUT2D eigenvalue weighted by atomic mass is 16.5. The van der Waals surface area contributed by atoms with Crippen LogP contribution in [0, 0.1) is 0 Å². The SMILES string of the molecule is CCOc1cccc(CN[C@@H](C)c2ccccc2)c1O. The third-order valence-corrected chi connectivity index (χ3v) is 3.28. The van der Waals surface area contributed by atoms with Gasteiger partial charge in [0.2, 0.25) is 0 Å². The molecule has 0 bridgehead atoms. The van der Waals surface area contributed by atoms with Crippen LogP contribution in [0.25, 0.3) is 0 Å². The van der Waals surface area contributed by atoms with Crippen molar-refractivity contribution < 1.29 is 9.84 Å². The normalized spacial score (nSPS) is 12.1. The lowest BCUT2D eigenvalue weighted by Gasteiger charge is -2.16. The Balaban J connectivity index is 2.02. The zero-order chi connectivity index (χ0) is 14.4. The summed E-state index contributed by atoms with van der Waals surface area (Å²) in [5.74, 6) is 0.765. The largest absolute Gasteiger partial charge is 0.504 e. The molecule has 3 heteroatoms. The molecular formula is C17H21NO2. The van der Waals surface area contributed by atoms with Crippen LogP contribution in [0.1, 0.15) is 31.0 Å². The molecule has 3 nitrogen and oxygen atoms in total. The van der Waals surface area contributed by atoms with E-state index in [2.05, 4.69) is 24.4 Å². The van der Waals surface area contributed by atoms with E-state index in [4.69, 9.17) is 4.74 Å². The molecule has 0 aliphatic heterocycles. The molecule has 2 aromatic carbocycles. The Morgan fingerprint density at radius 1 is 1.10 bits per heavy atom. The molecule has 0 amide bonds. The first-order valence-corrected chi connectivity index (χ1v) is 6.94. The van der Waals surface area contributed by atoms with E-state index in [-0.39, 0.29) is 11.8 Å². The summed E-state index contributed by atoms with van der Waals surface area (Å²) in [7, 11) is 0. The van der Waals surface area contributed by atoms with Crippen LogP contribution in [0.5, 0.6) is 11.5 Å². The molecule has 0 saturated carbocycles.